The van der Waals surface area contributed by atoms with Gasteiger partial charge >= 0.3 is 5.97 Å². The van der Waals surface area contributed by atoms with Gasteiger partial charge < -0.3 is 5.11 Å². The van der Waals surface area contributed by atoms with Gasteiger partial charge in [-0.05, 0) is 56.1 Å². The summed E-state index contributed by atoms with van der Waals surface area (Å²) in [7, 11) is 0. The van der Waals surface area contributed by atoms with Crippen molar-refractivity contribution < 1.29 is 14.3 Å². The minimum absolute atomic E-state index is 0.212. The summed E-state index contributed by atoms with van der Waals surface area (Å²) in [5.74, 6) is -1.12. The molecule has 0 bridgehead atoms. The summed E-state index contributed by atoms with van der Waals surface area (Å²) in [6.45, 7) is 4.22. The molecule has 0 amide bonds. The van der Waals surface area contributed by atoms with Crippen LogP contribution in [0.15, 0.2) is 18.2 Å². The van der Waals surface area contributed by atoms with E-state index in [-0.39, 0.29) is 11.7 Å². The van der Waals surface area contributed by atoms with E-state index in [2.05, 4.69) is 4.90 Å². The molecule has 0 radical (unpaired) electrons. The number of halogens is 1. The first kappa shape index (κ1) is 13.0. The molecule has 1 heterocycles. The Bertz CT molecular complexity index is 439. The van der Waals surface area contributed by atoms with Crippen molar-refractivity contribution in [1.82, 2.24) is 4.90 Å². The molecule has 1 aromatic rings. The van der Waals surface area contributed by atoms with Crippen LogP contribution >= 0.6 is 0 Å². The van der Waals surface area contributed by atoms with E-state index >= 15 is 0 Å². The predicted molar refractivity (Wildman–Crippen MR) is 66.8 cm³/mol. The van der Waals surface area contributed by atoms with Crippen molar-refractivity contribution >= 4 is 5.97 Å². The molecule has 1 aliphatic rings. The number of aliphatic carboxylic acids is 1. The lowest BCUT2D eigenvalue weighted by Crippen LogP contribution is -2.36. The summed E-state index contributed by atoms with van der Waals surface area (Å²) in [6.07, 6.45) is 1.37. The van der Waals surface area contributed by atoms with Gasteiger partial charge in [0.15, 0.2) is 0 Å². The van der Waals surface area contributed by atoms with Crippen LogP contribution in [0.4, 0.5) is 4.39 Å². The van der Waals surface area contributed by atoms with Crippen LogP contribution in [0.25, 0.3) is 0 Å². The number of nitrogens with zero attached hydrogens (tertiary/aromatic N) is 1. The minimum Gasteiger partial charge on any atom is -0.481 e. The maximum Gasteiger partial charge on any atom is 0.306 e. The van der Waals surface area contributed by atoms with Crippen molar-refractivity contribution in [3.63, 3.8) is 0 Å². The molecule has 1 aliphatic heterocycles. The second-order valence-corrected chi connectivity index (χ2v) is 4.96. The van der Waals surface area contributed by atoms with E-state index in [4.69, 9.17) is 5.11 Å². The summed E-state index contributed by atoms with van der Waals surface area (Å²) in [5.41, 5.74) is 2.07. The number of aryl methyl sites for hydroxylation is 1. The van der Waals surface area contributed by atoms with Gasteiger partial charge in [0.2, 0.25) is 0 Å². The Morgan fingerprint density at radius 2 is 2.11 bits per heavy atom. The topological polar surface area (TPSA) is 40.5 Å². The van der Waals surface area contributed by atoms with Crippen LogP contribution in [0.5, 0.6) is 0 Å². The van der Waals surface area contributed by atoms with E-state index in [1.807, 2.05) is 6.92 Å². The standard InChI is InChI=1S/C14H18FNO2/c1-10-2-3-13(15)8-12(10)9-16-6-4-11(5-7-16)14(17)18/h2-3,8,11H,4-7,9H2,1H3,(H,17,18). The van der Waals surface area contributed by atoms with Gasteiger partial charge in [-0.3, -0.25) is 9.69 Å². The maximum atomic E-state index is 13.2. The molecule has 0 aromatic heterocycles. The van der Waals surface area contributed by atoms with Crippen molar-refractivity contribution in [3.8, 4) is 0 Å². The second kappa shape index (κ2) is 5.48. The van der Waals surface area contributed by atoms with E-state index in [1.165, 1.54) is 6.07 Å². The van der Waals surface area contributed by atoms with Gasteiger partial charge in [-0.2, -0.15) is 0 Å². The average Bonchev–Trinajstić information content (AvgIpc) is 2.34. The highest BCUT2D eigenvalue weighted by Crippen LogP contribution is 2.20. The first-order valence-electron chi connectivity index (χ1n) is 6.26. The molecule has 2 rings (SSSR count). The van der Waals surface area contributed by atoms with Crippen molar-refractivity contribution in [2.75, 3.05) is 13.1 Å². The number of hydrogen-bond donors (Lipinski definition) is 1. The lowest BCUT2D eigenvalue weighted by atomic mass is 9.96. The monoisotopic (exact) mass is 251 g/mol. The third kappa shape index (κ3) is 3.07. The van der Waals surface area contributed by atoms with Crippen molar-refractivity contribution in [1.29, 1.82) is 0 Å². The average molecular weight is 251 g/mol. The molecule has 0 saturated carbocycles. The van der Waals surface area contributed by atoms with Gasteiger partial charge in [0.25, 0.3) is 0 Å². The Balaban J connectivity index is 1.95. The highest BCUT2D eigenvalue weighted by Gasteiger charge is 2.24. The first-order valence-corrected chi connectivity index (χ1v) is 6.26. The van der Waals surface area contributed by atoms with Gasteiger partial charge in [-0.15, -0.1) is 0 Å². The van der Waals surface area contributed by atoms with Crippen LogP contribution in [0.3, 0.4) is 0 Å². The summed E-state index contributed by atoms with van der Waals surface area (Å²) in [5, 5.41) is 8.93. The van der Waals surface area contributed by atoms with Crippen LogP contribution in [0.1, 0.15) is 24.0 Å². The zero-order valence-electron chi connectivity index (χ0n) is 10.5. The van der Waals surface area contributed by atoms with Gasteiger partial charge in [-0.25, -0.2) is 4.39 Å². The Morgan fingerprint density at radius 1 is 1.44 bits per heavy atom. The maximum absolute atomic E-state index is 13.2. The van der Waals surface area contributed by atoms with E-state index in [9.17, 15) is 9.18 Å². The molecule has 0 aliphatic carbocycles. The molecule has 3 nitrogen and oxygen atoms in total. The fourth-order valence-electron chi connectivity index (χ4n) is 2.39. The van der Waals surface area contributed by atoms with E-state index < -0.39 is 5.97 Å². The van der Waals surface area contributed by atoms with E-state index in [0.717, 1.165) is 24.2 Å². The molecule has 4 heteroatoms. The number of carboxylic acids is 1. The van der Waals surface area contributed by atoms with Gasteiger partial charge in [0.05, 0.1) is 5.92 Å². The molecular formula is C14H18FNO2. The number of hydrogen-bond acceptors (Lipinski definition) is 2. The lowest BCUT2D eigenvalue weighted by molar-refractivity contribution is -0.143. The fourth-order valence-corrected chi connectivity index (χ4v) is 2.39. The second-order valence-electron chi connectivity index (χ2n) is 4.96. The summed E-state index contributed by atoms with van der Waals surface area (Å²) >= 11 is 0. The van der Waals surface area contributed by atoms with E-state index in [1.54, 1.807) is 12.1 Å². The van der Waals surface area contributed by atoms with Crippen LogP contribution in [-0.2, 0) is 11.3 Å². The molecule has 0 spiro atoms. The zero-order valence-corrected chi connectivity index (χ0v) is 10.5. The number of piperidine rings is 1. The molecule has 1 fully saturated rings. The van der Waals surface area contributed by atoms with Gasteiger partial charge in [-0.1, -0.05) is 6.07 Å². The minimum atomic E-state index is -0.698. The number of carboxylic acid groups (broad SMARTS) is 1. The Kier molecular flexibility index (Phi) is 3.97. The summed E-state index contributed by atoms with van der Waals surface area (Å²) < 4.78 is 13.2. The molecule has 0 atom stereocenters. The number of rotatable bonds is 3. The van der Waals surface area contributed by atoms with Crippen molar-refractivity contribution in [2.24, 2.45) is 5.92 Å². The number of likely N-dealkylation sites (tertiary alicyclic amines) is 1. The quantitative estimate of drug-likeness (QED) is 0.897. The van der Waals surface area contributed by atoms with Crippen LogP contribution < -0.4 is 0 Å². The van der Waals surface area contributed by atoms with E-state index in [0.29, 0.717) is 19.4 Å². The molecule has 0 unspecified atom stereocenters. The zero-order chi connectivity index (χ0) is 13.1. The van der Waals surface area contributed by atoms with Crippen LogP contribution in [-0.4, -0.2) is 29.1 Å². The normalized spacial score (nSPS) is 17.9. The predicted octanol–water partition coefficient (Wildman–Crippen LogP) is 2.43. The highest BCUT2D eigenvalue weighted by molar-refractivity contribution is 5.70. The van der Waals surface area contributed by atoms with Crippen LogP contribution in [0.2, 0.25) is 0 Å². The number of carbonyl (C=O) groups is 1. The van der Waals surface area contributed by atoms with Gasteiger partial charge in [0.1, 0.15) is 5.82 Å². The number of benzene rings is 1. The lowest BCUT2D eigenvalue weighted by Gasteiger charge is -2.30. The Labute approximate surface area is 106 Å². The SMILES string of the molecule is Cc1ccc(F)cc1CN1CCC(C(=O)O)CC1. The molecule has 18 heavy (non-hydrogen) atoms. The third-order valence-corrected chi connectivity index (χ3v) is 3.64. The van der Waals surface area contributed by atoms with Crippen molar-refractivity contribution in [3.05, 3.63) is 35.1 Å². The Morgan fingerprint density at radius 3 is 2.72 bits per heavy atom. The Hall–Kier alpha value is -1.42. The summed E-state index contributed by atoms with van der Waals surface area (Å²) in [4.78, 5) is 13.0. The van der Waals surface area contributed by atoms with Crippen molar-refractivity contribution in [2.45, 2.75) is 26.3 Å². The largest absolute Gasteiger partial charge is 0.481 e. The molecule has 1 aromatic carbocycles. The third-order valence-electron chi connectivity index (χ3n) is 3.64. The first-order chi connectivity index (χ1) is 8.56. The van der Waals surface area contributed by atoms with Crippen LogP contribution in [0, 0.1) is 18.7 Å². The molecule has 1 N–H and O–H groups in total. The summed E-state index contributed by atoms with van der Waals surface area (Å²) in [6, 6.07) is 4.82. The molecule has 1 saturated heterocycles. The highest BCUT2D eigenvalue weighted by atomic mass is 19.1. The molecular weight excluding hydrogens is 233 g/mol. The van der Waals surface area contributed by atoms with Gasteiger partial charge in [0, 0.05) is 6.54 Å². The fraction of sp³-hybridized carbons (Fsp3) is 0.500. The molecule has 98 valence electrons. The smallest absolute Gasteiger partial charge is 0.306 e.